The summed E-state index contributed by atoms with van der Waals surface area (Å²) in [5.41, 5.74) is 20.5. The summed E-state index contributed by atoms with van der Waals surface area (Å²) in [5, 5.41) is 22.7. The number of allylic oxidation sites excluding steroid dienone is 10. The Morgan fingerprint density at radius 2 is 0.869 bits per heavy atom. The molecule has 61 heavy (non-hydrogen) atoms. The monoisotopic (exact) mass is 795 g/mol. The molecule has 9 nitrogen and oxygen atoms in total. The number of nitrogens with zero attached hydrogens (tertiary/aromatic N) is 4. The van der Waals surface area contributed by atoms with E-state index in [4.69, 9.17) is 35.2 Å². The van der Waals surface area contributed by atoms with Gasteiger partial charge in [-0.15, -0.1) is 0 Å². The highest BCUT2D eigenvalue weighted by atomic mass is 16.6. The Kier molecular flexibility index (Phi) is 9.18. The maximum absolute atomic E-state index is 11.3. The lowest BCUT2D eigenvalue weighted by molar-refractivity contribution is 0.224. The van der Waals surface area contributed by atoms with Crippen molar-refractivity contribution in [1.29, 1.82) is 0 Å². The summed E-state index contributed by atoms with van der Waals surface area (Å²) in [4.78, 5) is 21.7. The second kappa shape index (κ2) is 15.1. The zero-order valence-corrected chi connectivity index (χ0v) is 33.2. The summed E-state index contributed by atoms with van der Waals surface area (Å²) in [6.07, 6.45) is 12.1. The second-order valence-corrected chi connectivity index (χ2v) is 14.6. The number of fused-ring (bicyclic) bond motifs is 7. The predicted octanol–water partition coefficient (Wildman–Crippen LogP) is 8.76. The first-order chi connectivity index (χ1) is 29.9. The Morgan fingerprint density at radius 1 is 0.475 bits per heavy atom. The zero-order chi connectivity index (χ0) is 41.6. The Bertz CT molecular complexity index is 3180. The van der Waals surface area contributed by atoms with Crippen LogP contribution in [0.25, 0.3) is 39.9 Å². The van der Waals surface area contributed by atoms with Gasteiger partial charge in [0.2, 0.25) is 0 Å². The fourth-order valence-electron chi connectivity index (χ4n) is 8.36. The minimum Gasteiger partial charge on any atom is -0.481 e. The number of aliphatic hydroxyl groups excluding tert-OH is 2. The molecular weight excluding hydrogens is 759 g/mol. The van der Waals surface area contributed by atoms with Gasteiger partial charge >= 0.3 is 0 Å². The van der Waals surface area contributed by atoms with E-state index < -0.39 is 11.9 Å². The van der Waals surface area contributed by atoms with Gasteiger partial charge in [-0.1, -0.05) is 121 Å². The minimum absolute atomic E-state index is 0.0543. The third-order valence-electron chi connectivity index (χ3n) is 11.1. The van der Waals surface area contributed by atoms with Crippen molar-refractivity contribution >= 4 is 68.4 Å². The van der Waals surface area contributed by atoms with E-state index in [2.05, 4.69) is 24.3 Å². The molecule has 10 rings (SSSR count). The Labute approximate surface area is 351 Å². The van der Waals surface area contributed by atoms with Crippen molar-refractivity contribution in [2.75, 3.05) is 20.0 Å². The Balaban J connectivity index is 1.41. The van der Waals surface area contributed by atoms with Crippen LogP contribution in [0, 0.1) is 0 Å². The molecule has 0 saturated carbocycles. The smallest absolute Gasteiger partial charge is 0.286 e. The van der Waals surface area contributed by atoms with E-state index in [1.807, 2.05) is 134 Å². The molecule has 0 aliphatic carbocycles. The zero-order valence-electron chi connectivity index (χ0n) is 33.2. The van der Waals surface area contributed by atoms with E-state index in [0.29, 0.717) is 39.5 Å². The van der Waals surface area contributed by atoms with Crippen LogP contribution in [0.4, 0.5) is 5.69 Å². The lowest BCUT2D eigenvalue weighted by Gasteiger charge is -2.15. The molecule has 0 amide bonds. The Morgan fingerprint density at radius 3 is 1.31 bits per heavy atom. The summed E-state index contributed by atoms with van der Waals surface area (Å²) in [6.45, 7) is 0. The first-order valence-corrected chi connectivity index (χ1v) is 19.7. The number of anilines is 1. The summed E-state index contributed by atoms with van der Waals surface area (Å²) in [7, 11) is 2.67. The van der Waals surface area contributed by atoms with Crippen LogP contribution in [-0.2, 0) is 9.47 Å². The van der Waals surface area contributed by atoms with Crippen LogP contribution in [0.5, 0.6) is 0 Å². The number of hydrogen-bond donors (Lipinski definition) is 3. The van der Waals surface area contributed by atoms with Gasteiger partial charge in [0.1, 0.15) is 0 Å². The number of ether oxygens (including phenoxy) is 2. The van der Waals surface area contributed by atoms with Crippen LogP contribution in [0.3, 0.4) is 0 Å². The van der Waals surface area contributed by atoms with E-state index in [0.717, 1.165) is 61.8 Å². The number of benzene rings is 5. The SMILES string of the molecule is CO/C(O)=c1\c(N)c2c(c\c1=C(\O)OC)C1=NC2=C(c2ccccc2)C2=NC(=C(c3ccccc3)C3=NC(=C(c4ccccc4)C4=NC(=C1c1ccccc1)C=C4)C=C3)C=C2. The van der Waals surface area contributed by atoms with Gasteiger partial charge in [0.15, 0.2) is 0 Å². The molecule has 0 saturated heterocycles. The second-order valence-electron chi connectivity index (χ2n) is 14.6. The Hall–Kier alpha value is -8.30. The third kappa shape index (κ3) is 6.27. The summed E-state index contributed by atoms with van der Waals surface area (Å²) < 4.78 is 10.7. The number of aliphatic imine (C=N–C) groups is 4. The molecule has 0 aromatic heterocycles. The predicted molar refractivity (Wildman–Crippen MR) is 246 cm³/mol. The van der Waals surface area contributed by atoms with Crippen molar-refractivity contribution in [3.05, 3.63) is 225 Å². The minimum atomic E-state index is -0.498. The highest BCUT2D eigenvalue weighted by Gasteiger charge is 2.35. The summed E-state index contributed by atoms with van der Waals surface area (Å²) in [5.74, 6) is -0.960. The fourth-order valence-corrected chi connectivity index (χ4v) is 8.36. The van der Waals surface area contributed by atoms with Crippen LogP contribution in [0.1, 0.15) is 33.4 Å². The normalized spacial score (nSPS) is 17.3. The summed E-state index contributed by atoms with van der Waals surface area (Å²) in [6, 6.07) is 41.9. The molecule has 5 aromatic carbocycles. The fraction of sp³-hybridized carbons (Fsp3) is 0.0385. The molecule has 0 fully saturated rings. The van der Waals surface area contributed by atoms with Gasteiger partial charge in [0.25, 0.3) is 11.9 Å². The van der Waals surface area contributed by atoms with Gasteiger partial charge in [-0.05, 0) is 64.8 Å². The molecule has 5 heterocycles. The molecule has 0 unspecified atom stereocenters. The van der Waals surface area contributed by atoms with E-state index >= 15 is 0 Å². The van der Waals surface area contributed by atoms with Crippen molar-refractivity contribution in [3.8, 4) is 0 Å². The molecule has 4 N–H and O–H groups in total. The van der Waals surface area contributed by atoms with Crippen molar-refractivity contribution in [3.63, 3.8) is 0 Å². The van der Waals surface area contributed by atoms with Crippen molar-refractivity contribution in [2.24, 2.45) is 20.0 Å². The highest BCUT2D eigenvalue weighted by Crippen LogP contribution is 2.44. The first kappa shape index (κ1) is 37.0. The number of hydrogen-bond acceptors (Lipinski definition) is 9. The molecule has 294 valence electrons. The van der Waals surface area contributed by atoms with Crippen LogP contribution in [0.15, 0.2) is 201 Å². The molecular formula is C52H37N5O4. The molecule has 0 atom stereocenters. The number of rotatable bonds is 6. The molecule has 5 aliphatic heterocycles. The van der Waals surface area contributed by atoms with E-state index in [9.17, 15) is 10.2 Å². The molecule has 8 bridgehead atoms. The van der Waals surface area contributed by atoms with Crippen LogP contribution in [0.2, 0.25) is 0 Å². The maximum atomic E-state index is 11.3. The summed E-state index contributed by atoms with van der Waals surface area (Å²) >= 11 is 0. The van der Waals surface area contributed by atoms with E-state index in [1.165, 1.54) is 14.2 Å². The van der Waals surface area contributed by atoms with Crippen LogP contribution in [-0.4, -0.2) is 47.3 Å². The standard InChI is InChI=1S/C52H37N5O4/c1-60-51(58)35-29-34-46(48(53)47(35)52(59)61-2)50-45(33-21-13-6-14-22-33)41-28-26-39(56-41)43(31-17-9-4-10-18-31)37-24-23-36(54-37)42(30-15-7-3-8-16-30)38-25-27-40(55-38)44(49(34)57-50)32-19-11-5-12-20-32/h3-29,58-59H,53H2,1-2H3/b42-36?,42-38?,43-37?,43-39?,44-40?,45-41?,49-44?,50-45?,51-35+,52-47-. The molecule has 9 heteroatoms. The van der Waals surface area contributed by atoms with Crippen molar-refractivity contribution in [2.45, 2.75) is 0 Å². The van der Waals surface area contributed by atoms with Gasteiger partial charge in [-0.2, -0.15) is 0 Å². The number of methoxy groups -OCH3 is 2. The maximum Gasteiger partial charge on any atom is 0.286 e. The quantitative estimate of drug-likeness (QED) is 0.148. The van der Waals surface area contributed by atoms with Gasteiger partial charge in [-0.25, -0.2) is 20.0 Å². The number of nitrogen functional groups attached to an aromatic ring is 1. The van der Waals surface area contributed by atoms with Crippen LogP contribution >= 0.6 is 0 Å². The largest absolute Gasteiger partial charge is 0.481 e. The van der Waals surface area contributed by atoms with Crippen molar-refractivity contribution < 1.29 is 19.7 Å². The average Bonchev–Trinajstić information content (AvgIpc) is 4.14. The third-order valence-corrected chi connectivity index (χ3v) is 11.1. The number of nitrogens with two attached hydrogens (primary N) is 1. The van der Waals surface area contributed by atoms with E-state index in [1.54, 1.807) is 6.07 Å². The molecule has 5 aromatic rings. The van der Waals surface area contributed by atoms with Gasteiger partial charge in [0, 0.05) is 33.4 Å². The van der Waals surface area contributed by atoms with E-state index in [-0.39, 0.29) is 16.1 Å². The molecule has 5 aliphatic rings. The average molecular weight is 796 g/mol. The van der Waals surface area contributed by atoms with Crippen molar-refractivity contribution in [1.82, 2.24) is 0 Å². The number of aliphatic hydroxyl groups is 2. The van der Waals surface area contributed by atoms with Crippen LogP contribution < -0.4 is 16.2 Å². The topological polar surface area (TPSA) is 134 Å². The molecule has 0 spiro atoms. The lowest BCUT2D eigenvalue weighted by atomic mass is 9.89. The lowest BCUT2D eigenvalue weighted by Crippen LogP contribution is -2.35. The van der Waals surface area contributed by atoms with Gasteiger partial charge < -0.3 is 25.4 Å². The van der Waals surface area contributed by atoms with Gasteiger partial charge in [-0.3, -0.25) is 0 Å². The first-order valence-electron chi connectivity index (χ1n) is 19.7. The highest BCUT2D eigenvalue weighted by molar-refractivity contribution is 6.44. The molecule has 0 radical (unpaired) electrons. The van der Waals surface area contributed by atoms with Gasteiger partial charge in [0.05, 0.1) is 76.0 Å².